The Labute approximate surface area is 194 Å². The number of aromatic hydroxyl groups is 1. The highest BCUT2D eigenvalue weighted by molar-refractivity contribution is 5.76. The van der Waals surface area contributed by atoms with E-state index < -0.39 is 0 Å². The first-order valence-electron chi connectivity index (χ1n) is 12.2. The monoisotopic (exact) mass is 447 g/mol. The Balaban J connectivity index is 2.28. The second-order valence-corrected chi connectivity index (χ2v) is 8.25. The Kier molecular flexibility index (Phi) is 16.1. The molecule has 0 fully saturated rings. The zero-order valence-electron chi connectivity index (χ0n) is 19.9. The van der Waals surface area contributed by atoms with Crippen LogP contribution in [0.3, 0.4) is 0 Å². The van der Waals surface area contributed by atoms with Gasteiger partial charge in [-0.1, -0.05) is 32.1 Å². The molecule has 0 aromatic heterocycles. The first-order chi connectivity index (χ1) is 15.6. The quantitative estimate of drug-likeness (QED) is 0.171. The fourth-order valence-electron chi connectivity index (χ4n) is 3.30. The first-order valence-corrected chi connectivity index (χ1v) is 12.2. The summed E-state index contributed by atoms with van der Waals surface area (Å²) in [4.78, 5) is 12.3. The Morgan fingerprint density at radius 2 is 1.59 bits per heavy atom. The molecule has 7 heteroatoms. The van der Waals surface area contributed by atoms with Crippen molar-refractivity contribution in [2.75, 3.05) is 39.3 Å². The molecule has 0 saturated heterocycles. The van der Waals surface area contributed by atoms with Gasteiger partial charge >= 0.3 is 0 Å². The fourth-order valence-corrected chi connectivity index (χ4v) is 3.30. The van der Waals surface area contributed by atoms with Gasteiger partial charge in [0.15, 0.2) is 0 Å². The predicted octanol–water partition coefficient (Wildman–Crippen LogP) is 2.41. The molecule has 0 bridgehead atoms. The van der Waals surface area contributed by atoms with Gasteiger partial charge in [-0.2, -0.15) is 0 Å². The van der Waals surface area contributed by atoms with Crippen LogP contribution in [0.25, 0.3) is 0 Å². The summed E-state index contributed by atoms with van der Waals surface area (Å²) in [6, 6.07) is 6.93. The SMILES string of the molecule is C=C(NCCCCNCCCNCCCN)C(Cc1ccc(O)cc1)NC(=O)CCCC. The number of phenolic OH excluding ortho intramolecular Hbond substituents is 1. The van der Waals surface area contributed by atoms with Crippen molar-refractivity contribution in [3.8, 4) is 5.75 Å². The van der Waals surface area contributed by atoms with Crippen LogP contribution in [0.4, 0.5) is 0 Å². The molecule has 0 heterocycles. The van der Waals surface area contributed by atoms with Crippen molar-refractivity contribution >= 4 is 5.91 Å². The lowest BCUT2D eigenvalue weighted by Gasteiger charge is -2.23. The third-order valence-corrected chi connectivity index (χ3v) is 5.29. The van der Waals surface area contributed by atoms with Crippen LogP contribution in [0.5, 0.6) is 5.75 Å². The van der Waals surface area contributed by atoms with Gasteiger partial charge in [0.25, 0.3) is 0 Å². The third kappa shape index (κ3) is 14.1. The van der Waals surface area contributed by atoms with Gasteiger partial charge < -0.3 is 32.1 Å². The summed E-state index contributed by atoms with van der Waals surface area (Å²) in [5.41, 5.74) is 7.35. The number of hydrogen-bond acceptors (Lipinski definition) is 6. The molecular weight excluding hydrogens is 402 g/mol. The summed E-state index contributed by atoms with van der Waals surface area (Å²) in [6.45, 7) is 11.9. The van der Waals surface area contributed by atoms with Gasteiger partial charge in [0.2, 0.25) is 5.91 Å². The highest BCUT2D eigenvalue weighted by Crippen LogP contribution is 2.13. The zero-order chi connectivity index (χ0) is 23.4. The van der Waals surface area contributed by atoms with Crippen LogP contribution in [0.2, 0.25) is 0 Å². The highest BCUT2D eigenvalue weighted by Gasteiger charge is 2.16. The second kappa shape index (κ2) is 18.5. The molecular formula is C25H45N5O2. The molecule has 1 rings (SSSR count). The molecule has 0 spiro atoms. The van der Waals surface area contributed by atoms with Crippen molar-refractivity contribution in [2.24, 2.45) is 5.73 Å². The number of carbonyl (C=O) groups is 1. The Bertz CT molecular complexity index is 621. The highest BCUT2D eigenvalue weighted by atomic mass is 16.3. The van der Waals surface area contributed by atoms with E-state index in [4.69, 9.17) is 5.73 Å². The summed E-state index contributed by atoms with van der Waals surface area (Å²) in [6.07, 6.45) is 7.33. The smallest absolute Gasteiger partial charge is 0.220 e. The number of nitrogens with one attached hydrogen (secondary N) is 4. The van der Waals surface area contributed by atoms with Crippen LogP contribution in [0, 0.1) is 0 Å². The number of nitrogens with two attached hydrogens (primary N) is 1. The van der Waals surface area contributed by atoms with Gasteiger partial charge in [-0.15, -0.1) is 0 Å². The lowest BCUT2D eigenvalue weighted by Crippen LogP contribution is -2.41. The maximum atomic E-state index is 12.3. The molecule has 32 heavy (non-hydrogen) atoms. The molecule has 7 nitrogen and oxygen atoms in total. The number of carbonyl (C=O) groups excluding carboxylic acids is 1. The normalized spacial score (nSPS) is 11.8. The van der Waals surface area contributed by atoms with Gasteiger partial charge in [-0.25, -0.2) is 0 Å². The molecule has 1 amide bonds. The van der Waals surface area contributed by atoms with Crippen molar-refractivity contribution in [3.05, 3.63) is 42.1 Å². The van der Waals surface area contributed by atoms with E-state index in [2.05, 4.69) is 34.8 Å². The Morgan fingerprint density at radius 1 is 0.969 bits per heavy atom. The molecule has 1 aromatic rings. The van der Waals surface area contributed by atoms with E-state index in [0.29, 0.717) is 12.8 Å². The van der Waals surface area contributed by atoms with Gasteiger partial charge in [0, 0.05) is 18.7 Å². The summed E-state index contributed by atoms with van der Waals surface area (Å²) in [5, 5.41) is 22.9. The summed E-state index contributed by atoms with van der Waals surface area (Å²) < 4.78 is 0. The lowest BCUT2D eigenvalue weighted by molar-refractivity contribution is -0.121. The molecule has 1 unspecified atom stereocenters. The molecule has 182 valence electrons. The largest absolute Gasteiger partial charge is 0.508 e. The van der Waals surface area contributed by atoms with Crippen LogP contribution in [-0.2, 0) is 11.2 Å². The second-order valence-electron chi connectivity index (χ2n) is 8.25. The first kappa shape index (κ1) is 27.9. The van der Waals surface area contributed by atoms with Crippen molar-refractivity contribution in [3.63, 3.8) is 0 Å². The molecule has 7 N–H and O–H groups in total. The minimum atomic E-state index is -0.172. The molecule has 0 saturated carbocycles. The van der Waals surface area contributed by atoms with Crippen LogP contribution in [0.15, 0.2) is 36.5 Å². The zero-order valence-corrected chi connectivity index (χ0v) is 19.9. The molecule has 0 aliphatic carbocycles. The molecule has 0 aliphatic rings. The van der Waals surface area contributed by atoms with E-state index in [1.54, 1.807) is 12.1 Å². The van der Waals surface area contributed by atoms with Crippen LogP contribution >= 0.6 is 0 Å². The average molecular weight is 448 g/mol. The van der Waals surface area contributed by atoms with Crippen molar-refractivity contribution < 1.29 is 9.90 Å². The maximum absolute atomic E-state index is 12.3. The number of rotatable bonds is 20. The summed E-state index contributed by atoms with van der Waals surface area (Å²) in [7, 11) is 0. The van der Waals surface area contributed by atoms with E-state index in [1.165, 1.54) is 0 Å². The van der Waals surface area contributed by atoms with Crippen LogP contribution in [-0.4, -0.2) is 56.3 Å². The van der Waals surface area contributed by atoms with Gasteiger partial charge in [-0.3, -0.25) is 4.79 Å². The number of amides is 1. The summed E-state index contributed by atoms with van der Waals surface area (Å²) in [5.74, 6) is 0.297. The molecule has 1 aromatic carbocycles. The van der Waals surface area contributed by atoms with Gasteiger partial charge in [0.1, 0.15) is 5.75 Å². The fraction of sp³-hybridized carbons (Fsp3) is 0.640. The lowest BCUT2D eigenvalue weighted by atomic mass is 10.0. The summed E-state index contributed by atoms with van der Waals surface area (Å²) >= 11 is 0. The minimum Gasteiger partial charge on any atom is -0.508 e. The maximum Gasteiger partial charge on any atom is 0.220 e. The standard InChI is InChI=1S/C25H45N5O2/c1-3-4-9-25(32)30-24(20-22-10-12-23(31)13-11-22)21(2)29-19-6-5-15-27-17-8-18-28-16-7-14-26/h10-13,24,27-29,31H,2-9,14-20,26H2,1H3,(H,30,32). The van der Waals surface area contributed by atoms with E-state index in [9.17, 15) is 9.90 Å². The van der Waals surface area contributed by atoms with E-state index in [1.807, 2.05) is 12.1 Å². The van der Waals surface area contributed by atoms with Crippen LogP contribution in [0.1, 0.15) is 57.4 Å². The van der Waals surface area contributed by atoms with E-state index in [-0.39, 0.29) is 17.7 Å². The number of phenols is 1. The topological polar surface area (TPSA) is 111 Å². The Morgan fingerprint density at radius 3 is 2.25 bits per heavy atom. The minimum absolute atomic E-state index is 0.0558. The van der Waals surface area contributed by atoms with Crippen molar-refractivity contribution in [1.82, 2.24) is 21.3 Å². The molecule has 1 atom stereocenters. The van der Waals surface area contributed by atoms with Crippen molar-refractivity contribution in [2.45, 2.75) is 64.3 Å². The van der Waals surface area contributed by atoms with Gasteiger partial charge in [-0.05, 0) is 88.9 Å². The number of unbranched alkanes of at least 4 members (excludes halogenated alkanes) is 2. The molecule has 0 radical (unpaired) electrons. The third-order valence-electron chi connectivity index (χ3n) is 5.29. The Hall–Kier alpha value is -2.09. The molecule has 0 aliphatic heterocycles. The van der Waals surface area contributed by atoms with E-state index >= 15 is 0 Å². The number of benzene rings is 1. The van der Waals surface area contributed by atoms with E-state index in [0.717, 1.165) is 89.1 Å². The van der Waals surface area contributed by atoms with Crippen molar-refractivity contribution in [1.29, 1.82) is 0 Å². The van der Waals surface area contributed by atoms with Gasteiger partial charge in [0.05, 0.1) is 6.04 Å². The number of hydrogen-bond donors (Lipinski definition) is 6. The average Bonchev–Trinajstić information content (AvgIpc) is 2.79. The predicted molar refractivity (Wildman–Crippen MR) is 134 cm³/mol. The van der Waals surface area contributed by atoms with Crippen LogP contribution < -0.4 is 27.0 Å².